The van der Waals surface area contributed by atoms with Crippen LogP contribution in [-0.4, -0.2) is 11.5 Å². The molecule has 0 saturated heterocycles. The molecule has 0 unspecified atom stereocenters. The Bertz CT molecular complexity index is 649. The monoisotopic (exact) mass is 300 g/mol. The lowest BCUT2D eigenvalue weighted by atomic mass is 9.97. The second-order valence-corrected chi connectivity index (χ2v) is 6.05. The molecule has 0 aliphatic heterocycles. The van der Waals surface area contributed by atoms with Crippen LogP contribution in [0.2, 0.25) is 5.02 Å². The maximum absolute atomic E-state index is 6.22. The Hall–Kier alpha value is -1.38. The molecule has 1 aliphatic rings. The van der Waals surface area contributed by atoms with E-state index in [2.05, 4.69) is 22.4 Å². The first-order valence-corrected chi connectivity index (χ1v) is 8.13. The molecule has 0 saturated carbocycles. The van der Waals surface area contributed by atoms with Gasteiger partial charge in [-0.1, -0.05) is 29.3 Å². The van der Waals surface area contributed by atoms with E-state index in [1.807, 2.05) is 24.4 Å². The molecule has 2 aromatic rings. The molecule has 0 bridgehead atoms. The Morgan fingerprint density at radius 1 is 1.19 bits per heavy atom. The zero-order valence-corrected chi connectivity index (χ0v) is 13.0. The summed E-state index contributed by atoms with van der Waals surface area (Å²) in [5.41, 5.74) is 3.84. The van der Waals surface area contributed by atoms with Gasteiger partial charge in [-0.25, -0.2) is 0 Å². The van der Waals surface area contributed by atoms with Gasteiger partial charge in [0.15, 0.2) is 0 Å². The molecule has 0 amide bonds. The summed E-state index contributed by atoms with van der Waals surface area (Å²) in [6, 6.07) is 8.00. The van der Waals surface area contributed by atoms with Gasteiger partial charge in [0.2, 0.25) is 0 Å². The molecule has 0 radical (unpaired) electrons. The lowest BCUT2D eigenvalue weighted by Gasteiger charge is -2.13. The van der Waals surface area contributed by atoms with E-state index in [0.29, 0.717) is 0 Å². The molecule has 1 aliphatic carbocycles. The van der Waals surface area contributed by atoms with E-state index in [1.165, 1.54) is 37.7 Å². The van der Waals surface area contributed by atoms with E-state index in [0.717, 1.165) is 29.0 Å². The number of rotatable bonds is 5. The summed E-state index contributed by atoms with van der Waals surface area (Å²) in [6.07, 6.45) is 10.7. The van der Waals surface area contributed by atoms with Crippen LogP contribution in [0.25, 0.3) is 10.9 Å². The Balaban J connectivity index is 1.60. The molecule has 3 rings (SSSR count). The zero-order chi connectivity index (χ0) is 14.5. The third-order valence-electron chi connectivity index (χ3n) is 4.12. The van der Waals surface area contributed by atoms with Crippen molar-refractivity contribution in [1.82, 2.24) is 10.3 Å². The van der Waals surface area contributed by atoms with Crippen molar-refractivity contribution in [3.05, 3.63) is 52.7 Å². The third kappa shape index (κ3) is 3.63. The predicted octanol–water partition coefficient (Wildman–Crippen LogP) is 4.87. The molecule has 0 spiro atoms. The van der Waals surface area contributed by atoms with E-state index in [-0.39, 0.29) is 0 Å². The lowest BCUT2D eigenvalue weighted by Crippen LogP contribution is -2.16. The maximum Gasteiger partial charge on any atom is 0.0761 e. The van der Waals surface area contributed by atoms with Gasteiger partial charge in [-0.2, -0.15) is 0 Å². The fraction of sp³-hybridized carbons (Fsp3) is 0.389. The molecule has 21 heavy (non-hydrogen) atoms. The first-order valence-electron chi connectivity index (χ1n) is 7.75. The van der Waals surface area contributed by atoms with Gasteiger partial charge < -0.3 is 5.32 Å². The van der Waals surface area contributed by atoms with Gasteiger partial charge >= 0.3 is 0 Å². The van der Waals surface area contributed by atoms with E-state index < -0.39 is 0 Å². The minimum absolute atomic E-state index is 0.772. The van der Waals surface area contributed by atoms with Crippen molar-refractivity contribution in [3.63, 3.8) is 0 Å². The van der Waals surface area contributed by atoms with Gasteiger partial charge in [0.25, 0.3) is 0 Å². The maximum atomic E-state index is 6.22. The minimum Gasteiger partial charge on any atom is -0.312 e. The number of hydrogen-bond acceptors (Lipinski definition) is 2. The molecule has 2 nitrogen and oxygen atoms in total. The molecule has 1 aromatic carbocycles. The molecular formula is C18H21ClN2. The van der Waals surface area contributed by atoms with Crippen molar-refractivity contribution in [2.75, 3.05) is 6.54 Å². The highest BCUT2D eigenvalue weighted by Gasteiger charge is 2.06. The van der Waals surface area contributed by atoms with Gasteiger partial charge in [0.1, 0.15) is 0 Å². The van der Waals surface area contributed by atoms with Crippen LogP contribution in [-0.2, 0) is 6.54 Å². The van der Waals surface area contributed by atoms with Crippen molar-refractivity contribution in [1.29, 1.82) is 0 Å². The van der Waals surface area contributed by atoms with Crippen molar-refractivity contribution >= 4 is 22.5 Å². The molecular weight excluding hydrogens is 280 g/mol. The average Bonchev–Trinajstić information content (AvgIpc) is 2.55. The summed E-state index contributed by atoms with van der Waals surface area (Å²) in [4.78, 5) is 4.47. The van der Waals surface area contributed by atoms with E-state index >= 15 is 0 Å². The van der Waals surface area contributed by atoms with Crippen molar-refractivity contribution < 1.29 is 0 Å². The average molecular weight is 301 g/mol. The van der Waals surface area contributed by atoms with Crippen LogP contribution in [0.5, 0.6) is 0 Å². The Morgan fingerprint density at radius 2 is 2.14 bits per heavy atom. The van der Waals surface area contributed by atoms with E-state index in [9.17, 15) is 0 Å². The molecule has 1 aromatic heterocycles. The van der Waals surface area contributed by atoms with Crippen LogP contribution in [0.1, 0.15) is 37.7 Å². The van der Waals surface area contributed by atoms with Crippen molar-refractivity contribution in [2.24, 2.45) is 0 Å². The SMILES string of the molecule is Clc1ccc(CNCCC2=CCCCC2)c2ncccc12. The summed E-state index contributed by atoms with van der Waals surface area (Å²) in [7, 11) is 0. The predicted molar refractivity (Wildman–Crippen MR) is 89.6 cm³/mol. The minimum atomic E-state index is 0.772. The topological polar surface area (TPSA) is 24.9 Å². The lowest BCUT2D eigenvalue weighted by molar-refractivity contribution is 0.633. The number of fused-ring (bicyclic) bond motifs is 1. The summed E-state index contributed by atoms with van der Waals surface area (Å²) >= 11 is 6.22. The highest BCUT2D eigenvalue weighted by atomic mass is 35.5. The molecule has 110 valence electrons. The van der Waals surface area contributed by atoms with Crippen LogP contribution < -0.4 is 5.32 Å². The Labute approximate surface area is 131 Å². The number of nitrogens with zero attached hydrogens (tertiary/aromatic N) is 1. The van der Waals surface area contributed by atoms with Crippen LogP contribution in [0, 0.1) is 0 Å². The number of benzene rings is 1. The molecule has 1 heterocycles. The number of halogens is 1. The van der Waals surface area contributed by atoms with Crippen LogP contribution in [0.4, 0.5) is 0 Å². The number of hydrogen-bond donors (Lipinski definition) is 1. The van der Waals surface area contributed by atoms with Gasteiger partial charge in [-0.15, -0.1) is 0 Å². The largest absolute Gasteiger partial charge is 0.312 e. The molecule has 3 heteroatoms. The van der Waals surface area contributed by atoms with Crippen molar-refractivity contribution in [3.8, 4) is 0 Å². The fourth-order valence-electron chi connectivity index (χ4n) is 2.94. The third-order valence-corrected chi connectivity index (χ3v) is 4.45. The fourth-order valence-corrected chi connectivity index (χ4v) is 3.16. The van der Waals surface area contributed by atoms with Gasteiger partial charge in [0.05, 0.1) is 5.52 Å². The summed E-state index contributed by atoms with van der Waals surface area (Å²) < 4.78 is 0. The van der Waals surface area contributed by atoms with Crippen molar-refractivity contribution in [2.45, 2.75) is 38.6 Å². The standard InChI is InChI=1S/C18H21ClN2/c19-17-9-8-15(18-16(17)7-4-11-21-18)13-20-12-10-14-5-2-1-3-6-14/h4-5,7-9,11,20H,1-3,6,10,12-13H2. The number of aromatic nitrogens is 1. The van der Waals surface area contributed by atoms with E-state index in [1.54, 1.807) is 5.57 Å². The molecule has 0 fully saturated rings. The zero-order valence-electron chi connectivity index (χ0n) is 12.2. The summed E-state index contributed by atoms with van der Waals surface area (Å²) in [5, 5.41) is 5.34. The number of allylic oxidation sites excluding steroid dienone is 1. The number of pyridine rings is 1. The smallest absolute Gasteiger partial charge is 0.0761 e. The quantitative estimate of drug-likeness (QED) is 0.629. The van der Waals surface area contributed by atoms with Gasteiger partial charge in [-0.05, 0) is 62.4 Å². The summed E-state index contributed by atoms with van der Waals surface area (Å²) in [5.74, 6) is 0. The highest BCUT2D eigenvalue weighted by Crippen LogP contribution is 2.24. The number of nitrogens with one attached hydrogen (secondary N) is 1. The normalized spacial score (nSPS) is 15.2. The first kappa shape index (κ1) is 14.6. The highest BCUT2D eigenvalue weighted by molar-refractivity contribution is 6.35. The van der Waals surface area contributed by atoms with Crippen LogP contribution >= 0.6 is 11.6 Å². The van der Waals surface area contributed by atoms with Gasteiger partial charge in [0, 0.05) is 23.2 Å². The van der Waals surface area contributed by atoms with Crippen LogP contribution in [0.15, 0.2) is 42.1 Å². The Kier molecular flexibility index (Phi) is 4.89. The second kappa shape index (κ2) is 7.06. The summed E-state index contributed by atoms with van der Waals surface area (Å²) in [6.45, 7) is 1.88. The first-order chi connectivity index (χ1) is 10.3. The van der Waals surface area contributed by atoms with E-state index in [4.69, 9.17) is 11.6 Å². The molecule has 0 atom stereocenters. The van der Waals surface area contributed by atoms with Crippen LogP contribution in [0.3, 0.4) is 0 Å². The second-order valence-electron chi connectivity index (χ2n) is 5.64. The molecule has 1 N–H and O–H groups in total. The Morgan fingerprint density at radius 3 is 3.00 bits per heavy atom. The van der Waals surface area contributed by atoms with Gasteiger partial charge in [-0.3, -0.25) is 4.98 Å².